The van der Waals surface area contributed by atoms with Crippen molar-refractivity contribution < 1.29 is 43.9 Å². The van der Waals surface area contributed by atoms with Gasteiger partial charge in [0.1, 0.15) is 41.7 Å². The number of aromatic nitrogens is 7. The van der Waals surface area contributed by atoms with Gasteiger partial charge in [-0.3, -0.25) is 29.2 Å². The highest BCUT2D eigenvalue weighted by atomic mass is 32.2. The van der Waals surface area contributed by atoms with Crippen molar-refractivity contribution in [2.75, 3.05) is 57.6 Å². The van der Waals surface area contributed by atoms with Crippen molar-refractivity contribution >= 4 is 78.6 Å². The van der Waals surface area contributed by atoms with Gasteiger partial charge in [0, 0.05) is 71.2 Å². The van der Waals surface area contributed by atoms with E-state index < -0.39 is 47.2 Å². The molecule has 13 rings (SSSR count). The maximum atomic E-state index is 14.9. The number of amides is 2. The number of anilines is 1. The number of aliphatic hydroxyl groups excluding tert-OH is 2. The molecular formula is C63H71N11O10S. The molecule has 444 valence electrons. The summed E-state index contributed by atoms with van der Waals surface area (Å²) in [6.45, 7) is 11.7. The molecule has 7 unspecified atom stereocenters. The Morgan fingerprint density at radius 3 is 2.51 bits per heavy atom. The molecule has 3 saturated heterocycles. The summed E-state index contributed by atoms with van der Waals surface area (Å²) in [5, 5.41) is 51.5. The van der Waals surface area contributed by atoms with Crippen LogP contribution < -0.4 is 25.2 Å². The van der Waals surface area contributed by atoms with Gasteiger partial charge in [-0.1, -0.05) is 56.3 Å². The summed E-state index contributed by atoms with van der Waals surface area (Å²) < 4.78 is 27.0. The summed E-state index contributed by atoms with van der Waals surface area (Å²) in [4.78, 5) is 64.6. The molecule has 1 saturated carbocycles. The summed E-state index contributed by atoms with van der Waals surface area (Å²) in [5.41, 5.74) is 8.88. The first-order valence-electron chi connectivity index (χ1n) is 29.5. The van der Waals surface area contributed by atoms with Crippen molar-refractivity contribution in [1.82, 2.24) is 45.1 Å². The predicted octanol–water partition coefficient (Wildman–Crippen LogP) is 7.49. The van der Waals surface area contributed by atoms with E-state index in [1.54, 1.807) is 24.9 Å². The molecule has 4 aliphatic heterocycles. The highest BCUT2D eigenvalue weighted by molar-refractivity contribution is 8.12. The normalized spacial score (nSPS) is 22.9. The number of aliphatic hydroxyl groups is 3. The minimum Gasteiger partial charge on any atom is -0.486 e. The lowest BCUT2D eigenvalue weighted by atomic mass is 9.89. The Morgan fingerprint density at radius 2 is 1.75 bits per heavy atom. The van der Waals surface area contributed by atoms with E-state index in [0.29, 0.717) is 78.1 Å². The van der Waals surface area contributed by atoms with E-state index in [2.05, 4.69) is 56.4 Å². The number of hydrogen-bond donors (Lipinski definition) is 6. The van der Waals surface area contributed by atoms with Crippen LogP contribution in [0.4, 0.5) is 5.82 Å². The number of rotatable bonds is 16. The van der Waals surface area contributed by atoms with Gasteiger partial charge in [0.25, 0.3) is 5.56 Å². The number of pyridine rings is 1. The first kappa shape index (κ1) is 56.6. The van der Waals surface area contributed by atoms with Gasteiger partial charge in [-0.15, -0.1) is 11.8 Å². The van der Waals surface area contributed by atoms with Crippen LogP contribution in [-0.2, 0) is 25.7 Å². The molecule has 0 radical (unpaired) electrons. The molecule has 5 aliphatic rings. The zero-order chi connectivity index (χ0) is 58.8. The maximum Gasteiger partial charge on any atom is 0.319 e. The second-order valence-corrected chi connectivity index (χ2v) is 25.2. The molecule has 6 N–H and O–H groups in total. The van der Waals surface area contributed by atoms with Crippen LogP contribution in [-0.4, -0.2) is 155 Å². The third kappa shape index (κ3) is 11.1. The first-order valence-corrected chi connectivity index (χ1v) is 30.5. The van der Waals surface area contributed by atoms with Crippen LogP contribution in [0.1, 0.15) is 111 Å². The van der Waals surface area contributed by atoms with Crippen LogP contribution in [0.15, 0.2) is 82.8 Å². The number of H-pyrrole nitrogens is 2. The van der Waals surface area contributed by atoms with Gasteiger partial charge in [0.05, 0.1) is 80.3 Å². The number of nitrogens with one attached hydrogen (secondary N) is 3. The summed E-state index contributed by atoms with van der Waals surface area (Å²) in [7, 11) is 0. The Hall–Kier alpha value is -7.47. The number of thioether (sulfide) groups is 1. The van der Waals surface area contributed by atoms with E-state index in [9.17, 15) is 29.7 Å². The largest absolute Gasteiger partial charge is 0.486 e. The first-order chi connectivity index (χ1) is 41.1. The van der Waals surface area contributed by atoms with E-state index in [4.69, 9.17) is 34.0 Å². The second kappa shape index (κ2) is 23.1. The van der Waals surface area contributed by atoms with Gasteiger partial charge in [-0.2, -0.15) is 20.2 Å². The standard InChI is InChI=1S/C63H71N11O10S/c1-33(2)55(61(79)73-26-40(76)23-50(73)59(77)67-49(28-75)38-10-12-39(13-11-38)57-35(4)64-32-85-57)74-27-46-42-14-7-36(22-48(42)66-60(78)54(46)71-74)29-83-56-52(51-34(3)6-15-47-45(51)25-65-70-47)43(37-8-9-37)24-44-53(56)68-62(84-41-16-19-81-20-17-41)69-58(44)72-18-21-82-31-63(5,80)30-72/h6-7,10-15,22,24-25,27,32-33,35,37,40-41,49-50,55,57,75-76,80H,8-9,16-21,23,26,28-31H2,1-5H3,(H,65,70)(H,66,78)(H,67,77). The average Bonchev–Trinajstić information content (AvgIpc) is 2.79. The fourth-order valence-electron chi connectivity index (χ4n) is 12.8. The van der Waals surface area contributed by atoms with Crippen molar-refractivity contribution in [3.63, 3.8) is 0 Å². The van der Waals surface area contributed by atoms with E-state index in [-0.39, 0.29) is 80.1 Å². The Kier molecular flexibility index (Phi) is 15.4. The maximum absolute atomic E-state index is 14.9. The van der Waals surface area contributed by atoms with E-state index in [1.165, 1.54) is 9.58 Å². The Balaban J connectivity index is 0.835. The molecule has 85 heavy (non-hydrogen) atoms. The minimum atomic E-state index is -1.16. The summed E-state index contributed by atoms with van der Waals surface area (Å²) >= 11 is 1.65. The van der Waals surface area contributed by atoms with E-state index >= 15 is 0 Å². The molecule has 4 aromatic heterocycles. The van der Waals surface area contributed by atoms with Gasteiger partial charge in [-0.05, 0) is 97.0 Å². The monoisotopic (exact) mass is 1170 g/mol. The number of carbonyl (C=O) groups excluding carboxylic acids is 2. The Labute approximate surface area is 494 Å². The lowest BCUT2D eigenvalue weighted by molar-refractivity contribution is -0.142. The number of β-amino-alcohol motifs (C(OH)–C–C–N with tert-alkyl or cyclic N) is 2. The third-order valence-corrected chi connectivity index (χ3v) is 18.5. The van der Waals surface area contributed by atoms with Crippen molar-refractivity contribution in [3.8, 4) is 22.9 Å². The SMILES string of the molecule is Cc1ccc2[nH]ncc2c1-c1c(C2CC2)cc2c(N3CCOCC(C)(O)C3)nc(OC3CCOCC3)nc2c1OCc1ccc2c(c1)[nH]c(=O)c1nn(C(C(=O)N3CC(O)CC3C(=O)NC(CO)c3ccc(C4SC=NC4C)cc3)C(C)C)cc12. The van der Waals surface area contributed by atoms with Crippen LogP contribution in [0.3, 0.4) is 0 Å². The molecule has 7 atom stereocenters. The number of likely N-dealkylation sites (tertiary alicyclic amines) is 1. The molecule has 4 fully saturated rings. The smallest absolute Gasteiger partial charge is 0.319 e. The summed E-state index contributed by atoms with van der Waals surface area (Å²) in [6.07, 6.45) is 5.76. The van der Waals surface area contributed by atoms with Gasteiger partial charge in [-0.25, -0.2) is 0 Å². The van der Waals surface area contributed by atoms with Crippen molar-refractivity contribution in [3.05, 3.63) is 111 Å². The van der Waals surface area contributed by atoms with Crippen LogP contribution in [0, 0.1) is 12.8 Å². The predicted molar refractivity (Wildman–Crippen MR) is 324 cm³/mol. The summed E-state index contributed by atoms with van der Waals surface area (Å²) in [6, 6.07) is 17.4. The number of aromatic amines is 2. The second-order valence-electron chi connectivity index (χ2n) is 24.2. The lowest BCUT2D eigenvalue weighted by Gasteiger charge is -2.30. The minimum absolute atomic E-state index is 0.0107. The van der Waals surface area contributed by atoms with E-state index in [1.807, 2.05) is 74.1 Å². The molecule has 1 aliphatic carbocycles. The lowest BCUT2D eigenvalue weighted by Crippen LogP contribution is -2.50. The highest BCUT2D eigenvalue weighted by Crippen LogP contribution is 2.53. The average molecular weight is 1170 g/mol. The van der Waals surface area contributed by atoms with Crippen LogP contribution in [0.5, 0.6) is 11.8 Å². The van der Waals surface area contributed by atoms with Crippen LogP contribution in [0.25, 0.3) is 54.7 Å². The van der Waals surface area contributed by atoms with Gasteiger partial charge >= 0.3 is 6.01 Å². The quantitative estimate of drug-likeness (QED) is 0.0547. The number of aliphatic imine (C=N–C) groups is 1. The van der Waals surface area contributed by atoms with Crippen molar-refractivity contribution in [1.29, 1.82) is 0 Å². The number of nitrogens with zero attached hydrogens (tertiary/aromatic N) is 8. The van der Waals surface area contributed by atoms with Gasteiger partial charge in [0.15, 0.2) is 11.3 Å². The van der Waals surface area contributed by atoms with Gasteiger partial charge < -0.3 is 54.4 Å². The summed E-state index contributed by atoms with van der Waals surface area (Å²) in [5.74, 6) is 0.0989. The molecule has 0 spiro atoms. The Morgan fingerprint density at radius 1 is 0.941 bits per heavy atom. The number of hydrogen-bond acceptors (Lipinski definition) is 17. The molecule has 21 nitrogen and oxygen atoms in total. The highest BCUT2D eigenvalue weighted by Gasteiger charge is 2.44. The number of aryl methyl sites for hydroxylation is 1. The van der Waals surface area contributed by atoms with Crippen LogP contribution in [0.2, 0.25) is 0 Å². The Bertz CT molecular complexity index is 3950. The molecule has 8 heterocycles. The number of fused-ring (bicyclic) bond motifs is 5. The molecule has 2 amide bonds. The van der Waals surface area contributed by atoms with Crippen LogP contribution >= 0.6 is 11.8 Å². The zero-order valence-electron chi connectivity index (χ0n) is 48.3. The fourth-order valence-corrected chi connectivity index (χ4v) is 13.8. The van der Waals surface area contributed by atoms with Crippen molar-refractivity contribution in [2.45, 2.75) is 126 Å². The van der Waals surface area contributed by atoms with Crippen molar-refractivity contribution in [2.24, 2.45) is 10.9 Å². The number of benzene rings is 4. The molecule has 4 aromatic carbocycles. The molecule has 0 bridgehead atoms. The molecule has 8 aromatic rings. The molecular weight excluding hydrogens is 1100 g/mol. The number of ether oxygens (including phenoxy) is 4. The fraction of sp³-hybridized carbons (Fsp3) is 0.460. The topological polar surface area (TPSA) is 268 Å². The van der Waals surface area contributed by atoms with E-state index in [0.717, 1.165) is 62.5 Å². The number of carbonyl (C=O) groups is 2. The van der Waals surface area contributed by atoms with Gasteiger partial charge in [0.2, 0.25) is 11.8 Å². The molecule has 22 heteroatoms. The third-order valence-electron chi connectivity index (χ3n) is 17.3. The zero-order valence-corrected chi connectivity index (χ0v) is 49.1.